The van der Waals surface area contributed by atoms with Crippen LogP contribution in [0.3, 0.4) is 0 Å². The lowest BCUT2D eigenvalue weighted by Crippen LogP contribution is -2.49. The van der Waals surface area contributed by atoms with Gasteiger partial charge in [-0.2, -0.15) is 4.72 Å². The smallest absolute Gasteiger partial charge is 0.325 e. The van der Waals surface area contributed by atoms with E-state index in [-0.39, 0.29) is 0 Å². The molecular weight excluding hydrogens is 303 g/mol. The average Bonchev–Trinajstić information content (AvgIpc) is 2.38. The number of carboxylic acid groups (broad SMARTS) is 1. The zero-order valence-corrected chi connectivity index (χ0v) is 12.1. The van der Waals surface area contributed by atoms with Crippen LogP contribution in [0, 0.1) is 5.82 Å². The second kappa shape index (κ2) is 6.64. The van der Waals surface area contributed by atoms with E-state index in [0.717, 1.165) is 12.1 Å². The molecule has 0 fully saturated rings. The topological polar surface area (TPSA) is 113 Å². The molecule has 1 rings (SSSR count). The lowest BCUT2D eigenvalue weighted by Gasteiger charge is -2.16. The largest absolute Gasteiger partial charge is 0.480 e. The molecule has 0 radical (unpaired) electrons. The number of carbonyl (C=O) groups is 2. The Morgan fingerprint density at radius 1 is 1.19 bits per heavy atom. The molecular formula is C12H15FN2O5S. The third-order valence-corrected chi connectivity index (χ3v) is 4.15. The summed E-state index contributed by atoms with van der Waals surface area (Å²) in [6.07, 6.45) is 0. The van der Waals surface area contributed by atoms with E-state index in [2.05, 4.69) is 5.32 Å². The van der Waals surface area contributed by atoms with Crippen molar-refractivity contribution in [3.8, 4) is 0 Å². The summed E-state index contributed by atoms with van der Waals surface area (Å²) < 4.78 is 39.3. The van der Waals surface area contributed by atoms with E-state index >= 15 is 0 Å². The summed E-state index contributed by atoms with van der Waals surface area (Å²) in [5, 5.41) is 10.8. The van der Waals surface area contributed by atoms with Gasteiger partial charge < -0.3 is 10.4 Å². The Balaban J connectivity index is 2.83. The Labute approximate surface area is 121 Å². The maximum absolute atomic E-state index is 13.5. The maximum Gasteiger partial charge on any atom is 0.325 e. The third kappa shape index (κ3) is 4.50. The van der Waals surface area contributed by atoms with E-state index in [9.17, 15) is 22.4 Å². The Hall–Kier alpha value is -2.00. The molecule has 1 unspecified atom stereocenters. The van der Waals surface area contributed by atoms with Crippen LogP contribution in [0.5, 0.6) is 0 Å². The first kappa shape index (κ1) is 17.1. The number of halogens is 1. The van der Waals surface area contributed by atoms with Crippen LogP contribution in [-0.2, 0) is 19.6 Å². The fraction of sp³-hybridized carbons (Fsp3) is 0.333. The molecule has 1 amide bonds. The highest BCUT2D eigenvalue weighted by atomic mass is 32.2. The van der Waals surface area contributed by atoms with Crippen LogP contribution in [0.25, 0.3) is 0 Å². The van der Waals surface area contributed by atoms with Gasteiger partial charge in [0.2, 0.25) is 15.9 Å². The number of hydrogen-bond donors (Lipinski definition) is 3. The Kier molecular flexibility index (Phi) is 5.39. The zero-order valence-electron chi connectivity index (χ0n) is 11.3. The molecule has 0 heterocycles. The van der Waals surface area contributed by atoms with Gasteiger partial charge in [0.1, 0.15) is 16.8 Å². The van der Waals surface area contributed by atoms with Crippen molar-refractivity contribution in [1.29, 1.82) is 0 Å². The molecule has 0 saturated carbocycles. The zero-order chi connectivity index (χ0) is 16.2. The molecule has 1 aromatic carbocycles. The summed E-state index contributed by atoms with van der Waals surface area (Å²) >= 11 is 0. The first-order valence-electron chi connectivity index (χ1n) is 5.95. The van der Waals surface area contributed by atoms with Crippen molar-refractivity contribution in [3.63, 3.8) is 0 Å². The minimum Gasteiger partial charge on any atom is -0.480 e. The van der Waals surface area contributed by atoms with Crippen molar-refractivity contribution in [2.24, 2.45) is 0 Å². The van der Waals surface area contributed by atoms with Crippen molar-refractivity contribution >= 4 is 21.9 Å². The molecule has 0 spiro atoms. The predicted octanol–water partition coefficient (Wildman–Crippen LogP) is 0.0818. The van der Waals surface area contributed by atoms with E-state index in [1.165, 1.54) is 26.0 Å². The highest BCUT2D eigenvalue weighted by Gasteiger charge is 2.26. The molecule has 0 saturated heterocycles. The fourth-order valence-electron chi connectivity index (χ4n) is 1.41. The molecule has 0 aliphatic rings. The molecule has 7 nitrogen and oxygen atoms in total. The van der Waals surface area contributed by atoms with Crippen LogP contribution >= 0.6 is 0 Å². The second-order valence-electron chi connectivity index (χ2n) is 4.34. The minimum atomic E-state index is -4.22. The first-order valence-corrected chi connectivity index (χ1v) is 7.43. The summed E-state index contributed by atoms with van der Waals surface area (Å²) in [4.78, 5) is 21.7. The molecule has 0 bridgehead atoms. The Bertz CT molecular complexity index is 647. The summed E-state index contributed by atoms with van der Waals surface area (Å²) in [7, 11) is -4.22. The lowest BCUT2D eigenvalue weighted by molar-refractivity contribution is -0.141. The van der Waals surface area contributed by atoms with E-state index in [0.29, 0.717) is 0 Å². The number of rotatable bonds is 6. The van der Waals surface area contributed by atoms with E-state index in [4.69, 9.17) is 5.11 Å². The van der Waals surface area contributed by atoms with E-state index in [1.54, 1.807) is 0 Å². The predicted molar refractivity (Wildman–Crippen MR) is 71.4 cm³/mol. The van der Waals surface area contributed by atoms with Crippen molar-refractivity contribution in [1.82, 2.24) is 10.0 Å². The van der Waals surface area contributed by atoms with Gasteiger partial charge in [0.25, 0.3) is 0 Å². The maximum atomic E-state index is 13.5. The minimum absolute atomic E-state index is 0.587. The standard InChI is InChI=1S/C12H15FN2O5S/c1-7(11(16)14-8(2)12(17)18)15-21(19,20)10-6-4-3-5-9(10)13/h3-8,15H,1-2H3,(H,14,16)(H,17,18)/t7?,8-/m1/s1. The highest BCUT2D eigenvalue weighted by Crippen LogP contribution is 2.13. The molecule has 0 aromatic heterocycles. The van der Waals surface area contributed by atoms with Crippen LogP contribution in [-0.4, -0.2) is 37.5 Å². The lowest BCUT2D eigenvalue weighted by atomic mass is 10.3. The number of hydrogen-bond acceptors (Lipinski definition) is 4. The quantitative estimate of drug-likeness (QED) is 0.687. The number of amides is 1. The average molecular weight is 318 g/mol. The third-order valence-electron chi connectivity index (χ3n) is 2.58. The van der Waals surface area contributed by atoms with Crippen LogP contribution in [0.2, 0.25) is 0 Å². The normalized spacial score (nSPS) is 14.2. The molecule has 0 aliphatic heterocycles. The second-order valence-corrected chi connectivity index (χ2v) is 6.02. The van der Waals surface area contributed by atoms with Gasteiger partial charge in [-0.1, -0.05) is 12.1 Å². The van der Waals surface area contributed by atoms with Gasteiger partial charge in [-0.25, -0.2) is 12.8 Å². The Morgan fingerprint density at radius 2 is 1.76 bits per heavy atom. The molecule has 9 heteroatoms. The van der Waals surface area contributed by atoms with Gasteiger partial charge in [-0.15, -0.1) is 0 Å². The van der Waals surface area contributed by atoms with Crippen molar-refractivity contribution in [3.05, 3.63) is 30.1 Å². The number of nitrogens with one attached hydrogen (secondary N) is 2. The number of carboxylic acids is 1. The summed E-state index contributed by atoms with van der Waals surface area (Å²) in [6.45, 7) is 2.46. The highest BCUT2D eigenvalue weighted by molar-refractivity contribution is 7.89. The van der Waals surface area contributed by atoms with Gasteiger partial charge in [0, 0.05) is 0 Å². The van der Waals surface area contributed by atoms with Crippen LogP contribution < -0.4 is 10.0 Å². The molecule has 1 aromatic rings. The summed E-state index contributed by atoms with van der Waals surface area (Å²) in [6, 6.07) is 2.29. The molecule has 2 atom stereocenters. The van der Waals surface area contributed by atoms with Gasteiger partial charge in [0.15, 0.2) is 0 Å². The van der Waals surface area contributed by atoms with Crippen molar-refractivity contribution in [2.45, 2.75) is 30.8 Å². The van der Waals surface area contributed by atoms with Gasteiger partial charge in [0.05, 0.1) is 6.04 Å². The fourth-order valence-corrected chi connectivity index (χ4v) is 2.69. The number of aliphatic carboxylic acids is 1. The molecule has 3 N–H and O–H groups in total. The van der Waals surface area contributed by atoms with E-state index in [1.807, 2.05) is 4.72 Å². The Morgan fingerprint density at radius 3 is 2.29 bits per heavy atom. The SMILES string of the molecule is CC(NS(=O)(=O)c1ccccc1F)C(=O)N[C@H](C)C(=O)O. The molecule has 116 valence electrons. The van der Waals surface area contributed by atoms with Gasteiger partial charge in [-0.3, -0.25) is 9.59 Å². The van der Waals surface area contributed by atoms with Crippen LogP contribution in [0.15, 0.2) is 29.2 Å². The van der Waals surface area contributed by atoms with Crippen LogP contribution in [0.4, 0.5) is 4.39 Å². The summed E-state index contributed by atoms with van der Waals surface area (Å²) in [5.74, 6) is -3.03. The van der Waals surface area contributed by atoms with E-state index < -0.39 is 44.7 Å². The number of benzene rings is 1. The van der Waals surface area contributed by atoms with Crippen LogP contribution in [0.1, 0.15) is 13.8 Å². The summed E-state index contributed by atoms with van der Waals surface area (Å²) in [5.41, 5.74) is 0. The van der Waals surface area contributed by atoms with Crippen molar-refractivity contribution in [2.75, 3.05) is 0 Å². The molecule has 21 heavy (non-hydrogen) atoms. The molecule has 0 aliphatic carbocycles. The number of sulfonamides is 1. The number of carbonyl (C=O) groups excluding carboxylic acids is 1. The van der Waals surface area contributed by atoms with Gasteiger partial charge in [-0.05, 0) is 26.0 Å². The van der Waals surface area contributed by atoms with Crippen molar-refractivity contribution < 1.29 is 27.5 Å². The monoisotopic (exact) mass is 318 g/mol. The first-order chi connectivity index (χ1) is 9.65. The van der Waals surface area contributed by atoms with Gasteiger partial charge >= 0.3 is 5.97 Å².